The monoisotopic (exact) mass is 254 g/mol. The molecular weight excluding hydrogens is 231 g/mol. The number of hydrogen-bond acceptors (Lipinski definition) is 3. The van der Waals surface area contributed by atoms with Gasteiger partial charge >= 0.3 is 0 Å². The number of aliphatic hydroxyl groups excluding tert-OH is 1. The van der Waals surface area contributed by atoms with Crippen molar-refractivity contribution in [2.24, 2.45) is 5.73 Å². The maximum Gasteiger partial charge on any atom is 0.123 e. The normalized spacial score (nSPS) is 16.6. The first-order valence-corrected chi connectivity index (χ1v) is 6.31. The van der Waals surface area contributed by atoms with Crippen LogP contribution in [0.5, 0.6) is 0 Å². The summed E-state index contributed by atoms with van der Waals surface area (Å²) in [6.07, 6.45) is 0.336. The Morgan fingerprint density at radius 1 is 1.39 bits per heavy atom. The van der Waals surface area contributed by atoms with Crippen LogP contribution in [0.25, 0.3) is 0 Å². The average molecular weight is 254 g/mol. The summed E-state index contributed by atoms with van der Waals surface area (Å²) in [4.78, 5) is 2.06. The van der Waals surface area contributed by atoms with Gasteiger partial charge in [0.05, 0.1) is 6.10 Å². The zero-order valence-electron chi connectivity index (χ0n) is 11.3. The Balaban J connectivity index is 2.82. The minimum Gasteiger partial charge on any atom is -0.393 e. The summed E-state index contributed by atoms with van der Waals surface area (Å²) in [5, 5.41) is 9.32. The molecule has 3 atom stereocenters. The maximum absolute atomic E-state index is 13.3. The highest BCUT2D eigenvalue weighted by Gasteiger charge is 2.21. The van der Waals surface area contributed by atoms with Gasteiger partial charge < -0.3 is 10.8 Å². The number of nitrogens with zero attached hydrogens (tertiary/aromatic N) is 1. The van der Waals surface area contributed by atoms with E-state index in [1.54, 1.807) is 13.0 Å². The second-order valence-electron chi connectivity index (χ2n) is 4.98. The van der Waals surface area contributed by atoms with Gasteiger partial charge in [-0.05, 0) is 45.0 Å². The van der Waals surface area contributed by atoms with E-state index in [-0.39, 0.29) is 24.0 Å². The van der Waals surface area contributed by atoms with E-state index in [1.165, 1.54) is 12.1 Å². The molecule has 3 N–H and O–H groups in total. The van der Waals surface area contributed by atoms with Crippen molar-refractivity contribution in [1.29, 1.82) is 0 Å². The lowest BCUT2D eigenvalue weighted by Crippen LogP contribution is -2.38. The van der Waals surface area contributed by atoms with Gasteiger partial charge in [-0.15, -0.1) is 0 Å². The predicted octanol–water partition coefficient (Wildman–Crippen LogP) is 1.92. The van der Waals surface area contributed by atoms with Crippen LogP contribution in [-0.2, 0) is 0 Å². The van der Waals surface area contributed by atoms with Gasteiger partial charge in [0.1, 0.15) is 5.82 Å². The van der Waals surface area contributed by atoms with Crippen molar-refractivity contribution in [1.82, 2.24) is 4.90 Å². The molecule has 0 fully saturated rings. The fourth-order valence-corrected chi connectivity index (χ4v) is 2.18. The zero-order valence-corrected chi connectivity index (χ0v) is 11.3. The Morgan fingerprint density at radius 3 is 2.56 bits per heavy atom. The predicted molar refractivity (Wildman–Crippen MR) is 71.7 cm³/mol. The van der Waals surface area contributed by atoms with Gasteiger partial charge in [-0.25, -0.2) is 4.39 Å². The van der Waals surface area contributed by atoms with Crippen molar-refractivity contribution in [2.75, 3.05) is 13.6 Å². The Labute approximate surface area is 108 Å². The fraction of sp³-hybridized carbons (Fsp3) is 0.571. The third-order valence-corrected chi connectivity index (χ3v) is 3.06. The van der Waals surface area contributed by atoms with E-state index in [1.807, 2.05) is 20.0 Å². The van der Waals surface area contributed by atoms with Crippen molar-refractivity contribution in [3.05, 3.63) is 35.6 Å². The van der Waals surface area contributed by atoms with Gasteiger partial charge in [-0.3, -0.25) is 4.90 Å². The molecule has 0 aromatic heterocycles. The molecule has 0 radical (unpaired) electrons. The number of aliphatic hydroxyl groups is 1. The smallest absolute Gasteiger partial charge is 0.123 e. The van der Waals surface area contributed by atoms with Crippen LogP contribution >= 0.6 is 0 Å². The van der Waals surface area contributed by atoms with Crippen LogP contribution in [0.3, 0.4) is 0 Å². The molecule has 102 valence electrons. The number of halogens is 1. The van der Waals surface area contributed by atoms with Gasteiger partial charge in [0.25, 0.3) is 0 Å². The highest BCUT2D eigenvalue weighted by Crippen LogP contribution is 2.23. The van der Waals surface area contributed by atoms with Crippen LogP contribution in [0.15, 0.2) is 24.3 Å². The quantitative estimate of drug-likeness (QED) is 0.815. The van der Waals surface area contributed by atoms with Gasteiger partial charge in [0.15, 0.2) is 0 Å². The van der Waals surface area contributed by atoms with Crippen LogP contribution < -0.4 is 5.73 Å². The van der Waals surface area contributed by atoms with Crippen molar-refractivity contribution in [2.45, 2.75) is 38.5 Å². The maximum atomic E-state index is 13.3. The molecule has 0 bridgehead atoms. The second kappa shape index (κ2) is 6.83. The van der Waals surface area contributed by atoms with Gasteiger partial charge in [0.2, 0.25) is 0 Å². The Bertz CT molecular complexity index is 369. The lowest BCUT2D eigenvalue weighted by molar-refractivity contribution is 0.143. The van der Waals surface area contributed by atoms with E-state index in [9.17, 15) is 9.50 Å². The third kappa shape index (κ3) is 4.37. The molecule has 0 aliphatic rings. The van der Waals surface area contributed by atoms with Crippen LogP contribution in [0.1, 0.15) is 31.9 Å². The second-order valence-corrected chi connectivity index (χ2v) is 4.98. The Morgan fingerprint density at radius 2 is 2.06 bits per heavy atom. The number of nitrogens with two attached hydrogens (primary N) is 1. The van der Waals surface area contributed by atoms with Gasteiger partial charge in [0, 0.05) is 18.6 Å². The summed E-state index contributed by atoms with van der Waals surface area (Å²) < 4.78 is 13.3. The van der Waals surface area contributed by atoms with Gasteiger partial charge in [-0.2, -0.15) is 0 Å². The molecule has 1 aromatic rings. The van der Waals surface area contributed by atoms with Crippen LogP contribution in [0.2, 0.25) is 0 Å². The average Bonchev–Trinajstić information content (AvgIpc) is 2.26. The first kappa shape index (κ1) is 15.1. The largest absolute Gasteiger partial charge is 0.393 e. The van der Waals surface area contributed by atoms with Crippen LogP contribution in [0.4, 0.5) is 4.39 Å². The molecule has 4 heteroatoms. The molecule has 0 saturated heterocycles. The summed E-state index contributed by atoms with van der Waals surface area (Å²) in [5.41, 5.74) is 6.87. The standard InChI is InChI=1S/C14H23FN2O/c1-10(18)7-8-17(3)14(11(2)16)12-5-4-6-13(15)9-12/h4-6,9-11,14,18H,7-8,16H2,1-3H3. The molecule has 0 amide bonds. The lowest BCUT2D eigenvalue weighted by Gasteiger charge is -2.31. The zero-order chi connectivity index (χ0) is 13.7. The van der Waals surface area contributed by atoms with Crippen molar-refractivity contribution < 1.29 is 9.50 Å². The summed E-state index contributed by atoms with van der Waals surface area (Å²) in [6.45, 7) is 4.39. The van der Waals surface area contributed by atoms with Crippen LogP contribution in [0, 0.1) is 5.82 Å². The summed E-state index contributed by atoms with van der Waals surface area (Å²) in [5.74, 6) is -0.248. The first-order valence-electron chi connectivity index (χ1n) is 6.31. The van der Waals surface area contributed by atoms with Gasteiger partial charge in [-0.1, -0.05) is 12.1 Å². The van der Waals surface area contributed by atoms with E-state index < -0.39 is 0 Å². The molecular formula is C14H23FN2O. The third-order valence-electron chi connectivity index (χ3n) is 3.06. The van der Waals surface area contributed by atoms with E-state index >= 15 is 0 Å². The molecule has 3 unspecified atom stereocenters. The van der Waals surface area contributed by atoms with E-state index in [4.69, 9.17) is 5.73 Å². The van der Waals surface area contributed by atoms with Crippen molar-refractivity contribution in [3.63, 3.8) is 0 Å². The molecule has 1 rings (SSSR count). The minimum atomic E-state index is -0.339. The molecule has 18 heavy (non-hydrogen) atoms. The number of likely N-dealkylation sites (N-methyl/N-ethyl adjacent to an activating group) is 1. The lowest BCUT2D eigenvalue weighted by atomic mass is 9.99. The number of hydrogen-bond donors (Lipinski definition) is 2. The number of rotatable bonds is 6. The van der Waals surface area contributed by atoms with Crippen molar-refractivity contribution in [3.8, 4) is 0 Å². The van der Waals surface area contributed by atoms with E-state index in [2.05, 4.69) is 4.90 Å². The molecule has 0 saturated carbocycles. The molecule has 1 aromatic carbocycles. The Kier molecular flexibility index (Phi) is 5.72. The molecule has 0 spiro atoms. The molecule has 3 nitrogen and oxygen atoms in total. The fourth-order valence-electron chi connectivity index (χ4n) is 2.18. The highest BCUT2D eigenvalue weighted by molar-refractivity contribution is 5.21. The summed E-state index contributed by atoms with van der Waals surface area (Å²) in [7, 11) is 1.95. The Hall–Kier alpha value is -0.970. The summed E-state index contributed by atoms with van der Waals surface area (Å²) in [6, 6.07) is 6.38. The molecule has 0 aliphatic heterocycles. The van der Waals surface area contributed by atoms with E-state index in [0.717, 1.165) is 12.1 Å². The summed E-state index contributed by atoms with van der Waals surface area (Å²) >= 11 is 0. The van der Waals surface area contributed by atoms with Crippen molar-refractivity contribution >= 4 is 0 Å². The van der Waals surface area contributed by atoms with Crippen LogP contribution in [-0.4, -0.2) is 35.7 Å². The topological polar surface area (TPSA) is 49.5 Å². The SMILES string of the molecule is CC(O)CCN(C)C(c1cccc(F)c1)C(C)N. The highest BCUT2D eigenvalue weighted by atomic mass is 19.1. The van der Waals surface area contributed by atoms with E-state index in [0.29, 0.717) is 6.42 Å². The number of benzene rings is 1. The molecule has 0 heterocycles. The minimum absolute atomic E-state index is 0.0422. The first-order chi connectivity index (χ1) is 8.41. The molecule has 0 aliphatic carbocycles.